The Hall–Kier alpha value is -2.27. The van der Waals surface area contributed by atoms with E-state index >= 15 is 0 Å². The van der Waals surface area contributed by atoms with Crippen LogP contribution in [0.1, 0.15) is 42.3 Å². The Kier molecular flexibility index (Phi) is 4.49. The van der Waals surface area contributed by atoms with Gasteiger partial charge in [0.15, 0.2) is 0 Å². The average Bonchev–Trinajstić information content (AvgIpc) is 3.33. The molecule has 2 aliphatic rings. The van der Waals surface area contributed by atoms with Gasteiger partial charge in [0.05, 0.1) is 6.54 Å². The molecule has 1 aromatic heterocycles. The molecule has 1 fully saturated rings. The number of fused-ring (bicyclic) bond motifs is 1. The maximum atomic E-state index is 11.8. The molecular weight excluding hydrogens is 316 g/mol. The number of para-hydroxylation sites is 1. The molecule has 25 heavy (non-hydrogen) atoms. The standard InChI is InChI=1S/C20H24N2O3/c23-14-17-8-7-16(25-17)13-22-12-15(18-4-1-2-5-19(18)22)9-11-21-10-3-6-20(21)24/h1-2,4-5,7-8,15,23H,3,6,9-14H2. The summed E-state index contributed by atoms with van der Waals surface area (Å²) >= 11 is 0. The van der Waals surface area contributed by atoms with E-state index in [9.17, 15) is 4.79 Å². The Morgan fingerprint density at radius 1 is 1.12 bits per heavy atom. The number of benzene rings is 1. The van der Waals surface area contributed by atoms with Crippen molar-refractivity contribution in [3.8, 4) is 0 Å². The quantitative estimate of drug-likeness (QED) is 0.878. The molecule has 5 nitrogen and oxygen atoms in total. The van der Waals surface area contributed by atoms with Crippen molar-refractivity contribution in [2.45, 2.75) is 38.3 Å². The van der Waals surface area contributed by atoms with Gasteiger partial charge in [-0.3, -0.25) is 4.79 Å². The molecule has 0 spiro atoms. The fourth-order valence-corrected chi connectivity index (χ4v) is 4.01. The van der Waals surface area contributed by atoms with Crippen molar-refractivity contribution in [2.24, 2.45) is 0 Å². The van der Waals surface area contributed by atoms with Crippen molar-refractivity contribution in [1.29, 1.82) is 0 Å². The molecule has 5 heteroatoms. The fourth-order valence-electron chi connectivity index (χ4n) is 4.01. The van der Waals surface area contributed by atoms with E-state index in [4.69, 9.17) is 9.52 Å². The Labute approximate surface area is 147 Å². The molecule has 0 bridgehead atoms. The minimum Gasteiger partial charge on any atom is -0.462 e. The first-order chi connectivity index (χ1) is 12.2. The maximum Gasteiger partial charge on any atom is 0.222 e. The average molecular weight is 340 g/mol. The monoisotopic (exact) mass is 340 g/mol. The minimum absolute atomic E-state index is 0.0664. The summed E-state index contributed by atoms with van der Waals surface area (Å²) in [5.74, 6) is 2.22. The van der Waals surface area contributed by atoms with Gasteiger partial charge in [0.2, 0.25) is 5.91 Å². The van der Waals surface area contributed by atoms with Crippen molar-refractivity contribution in [1.82, 2.24) is 4.90 Å². The van der Waals surface area contributed by atoms with Crippen molar-refractivity contribution >= 4 is 11.6 Å². The van der Waals surface area contributed by atoms with Gasteiger partial charge in [-0.25, -0.2) is 0 Å². The summed E-state index contributed by atoms with van der Waals surface area (Å²) in [4.78, 5) is 16.2. The lowest BCUT2D eigenvalue weighted by molar-refractivity contribution is -0.127. The number of hydrogen-bond donors (Lipinski definition) is 1. The first-order valence-electron chi connectivity index (χ1n) is 9.04. The molecule has 0 saturated carbocycles. The van der Waals surface area contributed by atoms with Crippen molar-refractivity contribution in [2.75, 3.05) is 24.5 Å². The topological polar surface area (TPSA) is 56.9 Å². The second-order valence-electron chi connectivity index (χ2n) is 6.94. The summed E-state index contributed by atoms with van der Waals surface area (Å²) in [5, 5.41) is 9.17. The normalized spacial score (nSPS) is 19.7. The number of furan rings is 1. The third kappa shape index (κ3) is 3.29. The molecule has 3 heterocycles. The third-order valence-electron chi connectivity index (χ3n) is 5.30. The van der Waals surface area contributed by atoms with Crippen LogP contribution in [0.4, 0.5) is 5.69 Å². The highest BCUT2D eigenvalue weighted by Gasteiger charge is 2.30. The molecule has 1 saturated heterocycles. The number of likely N-dealkylation sites (tertiary alicyclic amines) is 1. The second kappa shape index (κ2) is 6.92. The Morgan fingerprint density at radius 2 is 1.96 bits per heavy atom. The summed E-state index contributed by atoms with van der Waals surface area (Å²) in [7, 11) is 0. The molecule has 1 unspecified atom stereocenters. The highest BCUT2D eigenvalue weighted by molar-refractivity contribution is 5.78. The zero-order valence-corrected chi connectivity index (χ0v) is 14.4. The molecule has 1 N–H and O–H groups in total. The molecule has 2 aromatic rings. The van der Waals surface area contributed by atoms with E-state index in [1.165, 1.54) is 11.3 Å². The number of carbonyl (C=O) groups is 1. The van der Waals surface area contributed by atoms with E-state index in [-0.39, 0.29) is 6.61 Å². The van der Waals surface area contributed by atoms with Crippen LogP contribution in [0.25, 0.3) is 0 Å². The van der Waals surface area contributed by atoms with Gasteiger partial charge in [0, 0.05) is 37.7 Å². The van der Waals surface area contributed by atoms with Gasteiger partial charge in [-0.1, -0.05) is 18.2 Å². The van der Waals surface area contributed by atoms with Crippen molar-refractivity contribution in [3.05, 3.63) is 53.5 Å². The lowest BCUT2D eigenvalue weighted by Gasteiger charge is -2.20. The second-order valence-corrected chi connectivity index (χ2v) is 6.94. The number of rotatable bonds is 6. The first kappa shape index (κ1) is 16.2. The van der Waals surface area contributed by atoms with Crippen molar-refractivity contribution < 1.29 is 14.3 Å². The van der Waals surface area contributed by atoms with Crippen LogP contribution in [-0.2, 0) is 17.9 Å². The van der Waals surface area contributed by atoms with Gasteiger partial charge in [-0.15, -0.1) is 0 Å². The zero-order valence-electron chi connectivity index (χ0n) is 14.4. The molecule has 1 aromatic carbocycles. The molecular formula is C20H24N2O3. The Balaban J connectivity index is 1.46. The lowest BCUT2D eigenvalue weighted by Crippen LogP contribution is -2.28. The molecule has 1 amide bonds. The molecule has 132 valence electrons. The molecule has 0 radical (unpaired) electrons. The van der Waals surface area contributed by atoms with Gasteiger partial charge < -0.3 is 19.3 Å². The highest BCUT2D eigenvalue weighted by Crippen LogP contribution is 2.39. The number of aliphatic hydroxyl groups is 1. The van der Waals surface area contributed by atoms with E-state index in [0.29, 0.717) is 30.6 Å². The molecule has 4 rings (SSSR count). The van der Waals surface area contributed by atoms with Crippen LogP contribution in [0.3, 0.4) is 0 Å². The minimum atomic E-state index is -0.0664. The van der Waals surface area contributed by atoms with Gasteiger partial charge in [0.1, 0.15) is 18.1 Å². The van der Waals surface area contributed by atoms with Crippen LogP contribution in [0.5, 0.6) is 0 Å². The summed E-state index contributed by atoms with van der Waals surface area (Å²) < 4.78 is 5.66. The van der Waals surface area contributed by atoms with Crippen LogP contribution in [0.2, 0.25) is 0 Å². The van der Waals surface area contributed by atoms with E-state index in [0.717, 1.165) is 38.2 Å². The number of carbonyl (C=O) groups excluding carboxylic acids is 1. The number of aliphatic hydroxyl groups excluding tert-OH is 1. The summed E-state index contributed by atoms with van der Waals surface area (Å²) in [6.07, 6.45) is 2.70. The Morgan fingerprint density at radius 3 is 2.72 bits per heavy atom. The van der Waals surface area contributed by atoms with Crippen LogP contribution in [0, 0.1) is 0 Å². The van der Waals surface area contributed by atoms with Crippen LogP contribution in [0.15, 0.2) is 40.8 Å². The predicted molar refractivity (Wildman–Crippen MR) is 95.3 cm³/mol. The Bertz CT molecular complexity index is 755. The van der Waals surface area contributed by atoms with E-state index in [1.807, 2.05) is 17.0 Å². The summed E-state index contributed by atoms with van der Waals surface area (Å²) in [6.45, 7) is 3.34. The van der Waals surface area contributed by atoms with Gasteiger partial charge in [-0.2, -0.15) is 0 Å². The number of nitrogens with zero attached hydrogens (tertiary/aromatic N) is 2. The van der Waals surface area contributed by atoms with E-state index in [2.05, 4.69) is 29.2 Å². The van der Waals surface area contributed by atoms with Gasteiger partial charge in [0.25, 0.3) is 0 Å². The SMILES string of the molecule is O=C1CCCN1CCC1CN(Cc2ccc(CO)o2)c2ccccc21. The lowest BCUT2D eigenvalue weighted by atomic mass is 9.98. The number of anilines is 1. The number of hydrogen-bond acceptors (Lipinski definition) is 4. The summed E-state index contributed by atoms with van der Waals surface area (Å²) in [5.41, 5.74) is 2.62. The predicted octanol–water partition coefficient (Wildman–Crippen LogP) is 2.89. The van der Waals surface area contributed by atoms with Gasteiger partial charge in [-0.05, 0) is 36.6 Å². The van der Waals surface area contributed by atoms with Crippen LogP contribution >= 0.6 is 0 Å². The van der Waals surface area contributed by atoms with Crippen LogP contribution < -0.4 is 4.90 Å². The molecule has 1 atom stereocenters. The van der Waals surface area contributed by atoms with Gasteiger partial charge >= 0.3 is 0 Å². The maximum absolute atomic E-state index is 11.8. The zero-order chi connectivity index (χ0) is 17.2. The largest absolute Gasteiger partial charge is 0.462 e. The highest BCUT2D eigenvalue weighted by atomic mass is 16.4. The smallest absolute Gasteiger partial charge is 0.222 e. The first-order valence-corrected chi connectivity index (χ1v) is 9.04. The molecule has 2 aliphatic heterocycles. The number of amides is 1. The van der Waals surface area contributed by atoms with E-state index < -0.39 is 0 Å². The molecule has 0 aliphatic carbocycles. The third-order valence-corrected chi connectivity index (χ3v) is 5.30. The van der Waals surface area contributed by atoms with Crippen LogP contribution in [-0.4, -0.2) is 35.5 Å². The van der Waals surface area contributed by atoms with E-state index in [1.54, 1.807) is 0 Å². The fraction of sp³-hybridized carbons (Fsp3) is 0.450. The summed E-state index contributed by atoms with van der Waals surface area (Å²) in [6, 6.07) is 12.3. The van der Waals surface area contributed by atoms with Crippen molar-refractivity contribution in [3.63, 3.8) is 0 Å².